The van der Waals surface area contributed by atoms with Crippen LogP contribution in [0.4, 0.5) is 11.6 Å². The number of nitrogens with zero attached hydrogens (tertiary/aromatic N) is 3. The van der Waals surface area contributed by atoms with Gasteiger partial charge in [0.25, 0.3) is 0 Å². The zero-order valence-electron chi connectivity index (χ0n) is 10.3. The molecule has 1 aromatic heterocycles. The fourth-order valence-corrected chi connectivity index (χ4v) is 1.58. The number of aromatic nitrogens is 2. The SMILES string of the molecule is Cc1ccc(Cl)cc1Oc1nc(NN)ncc1[N+](=O)[O-]. The first-order chi connectivity index (χ1) is 9.51. The number of hydrogen-bond donors (Lipinski definition) is 2. The zero-order chi connectivity index (χ0) is 14.7. The molecule has 0 radical (unpaired) electrons. The molecule has 0 saturated carbocycles. The fourth-order valence-electron chi connectivity index (χ4n) is 1.42. The van der Waals surface area contributed by atoms with Crippen molar-refractivity contribution in [1.82, 2.24) is 9.97 Å². The molecule has 0 spiro atoms. The number of anilines is 1. The molecule has 9 heteroatoms. The summed E-state index contributed by atoms with van der Waals surface area (Å²) < 4.78 is 5.45. The Morgan fingerprint density at radius 1 is 1.50 bits per heavy atom. The van der Waals surface area contributed by atoms with E-state index in [2.05, 4.69) is 15.4 Å². The third kappa shape index (κ3) is 2.92. The number of aryl methyl sites for hydroxylation is 1. The Kier molecular flexibility index (Phi) is 3.97. The third-order valence-electron chi connectivity index (χ3n) is 2.42. The highest BCUT2D eigenvalue weighted by Crippen LogP contribution is 2.32. The number of ether oxygens (including phenoxy) is 1. The van der Waals surface area contributed by atoms with Crippen LogP contribution in [-0.4, -0.2) is 14.9 Å². The molecular weight excluding hydrogens is 286 g/mol. The summed E-state index contributed by atoms with van der Waals surface area (Å²) >= 11 is 5.86. The van der Waals surface area contributed by atoms with Crippen molar-refractivity contribution >= 4 is 23.2 Å². The Balaban J connectivity index is 2.45. The van der Waals surface area contributed by atoms with Gasteiger partial charge in [0.2, 0.25) is 5.95 Å². The summed E-state index contributed by atoms with van der Waals surface area (Å²) in [5, 5.41) is 11.4. The summed E-state index contributed by atoms with van der Waals surface area (Å²) in [6, 6.07) is 4.95. The Morgan fingerprint density at radius 3 is 2.90 bits per heavy atom. The first-order valence-corrected chi connectivity index (χ1v) is 5.81. The monoisotopic (exact) mass is 295 g/mol. The van der Waals surface area contributed by atoms with E-state index in [1.807, 2.05) is 0 Å². The predicted molar refractivity (Wildman–Crippen MR) is 72.8 cm³/mol. The Bertz CT molecular complexity index is 665. The smallest absolute Gasteiger partial charge is 0.349 e. The summed E-state index contributed by atoms with van der Waals surface area (Å²) in [7, 11) is 0. The molecule has 0 fully saturated rings. The Morgan fingerprint density at radius 2 is 2.25 bits per heavy atom. The van der Waals surface area contributed by atoms with Gasteiger partial charge in [-0.2, -0.15) is 4.98 Å². The molecule has 8 nitrogen and oxygen atoms in total. The minimum Gasteiger partial charge on any atom is -0.433 e. The number of nitrogens with one attached hydrogen (secondary N) is 1. The van der Waals surface area contributed by atoms with Gasteiger partial charge in [0.1, 0.15) is 11.9 Å². The van der Waals surface area contributed by atoms with Gasteiger partial charge >= 0.3 is 11.6 Å². The summed E-state index contributed by atoms with van der Waals surface area (Å²) in [6.07, 6.45) is 1.01. The molecule has 0 aliphatic carbocycles. The quantitative estimate of drug-likeness (QED) is 0.505. The van der Waals surface area contributed by atoms with Crippen LogP contribution in [0.3, 0.4) is 0 Å². The average molecular weight is 296 g/mol. The van der Waals surface area contributed by atoms with Gasteiger partial charge in [0.15, 0.2) is 0 Å². The topological polar surface area (TPSA) is 116 Å². The molecule has 104 valence electrons. The van der Waals surface area contributed by atoms with Gasteiger partial charge in [-0.15, -0.1) is 0 Å². The van der Waals surface area contributed by atoms with Crippen LogP contribution < -0.4 is 16.0 Å². The van der Waals surface area contributed by atoms with Gasteiger partial charge in [0, 0.05) is 5.02 Å². The highest BCUT2D eigenvalue weighted by molar-refractivity contribution is 6.30. The largest absolute Gasteiger partial charge is 0.433 e. The number of hydrazine groups is 1. The second kappa shape index (κ2) is 5.68. The summed E-state index contributed by atoms with van der Waals surface area (Å²) in [5.41, 5.74) is 2.58. The van der Waals surface area contributed by atoms with E-state index in [1.165, 1.54) is 6.07 Å². The van der Waals surface area contributed by atoms with Gasteiger partial charge in [-0.1, -0.05) is 17.7 Å². The Hall–Kier alpha value is -2.45. The third-order valence-corrected chi connectivity index (χ3v) is 2.65. The van der Waals surface area contributed by atoms with Gasteiger partial charge in [-0.05, 0) is 24.6 Å². The van der Waals surface area contributed by atoms with Crippen LogP contribution >= 0.6 is 11.6 Å². The van der Waals surface area contributed by atoms with Crippen LogP contribution in [0, 0.1) is 17.0 Å². The standard InChI is InChI=1S/C11H10ClN5O3/c1-6-2-3-7(12)4-9(6)20-10-8(17(18)19)5-14-11(15-10)16-13/h2-5H,13H2,1H3,(H,14,15,16). The van der Waals surface area contributed by atoms with E-state index in [0.717, 1.165) is 11.8 Å². The van der Waals surface area contributed by atoms with Gasteiger partial charge in [0.05, 0.1) is 4.92 Å². The summed E-state index contributed by atoms with van der Waals surface area (Å²) in [4.78, 5) is 17.8. The maximum absolute atomic E-state index is 10.9. The molecule has 0 atom stereocenters. The van der Waals surface area contributed by atoms with Crippen molar-refractivity contribution < 1.29 is 9.66 Å². The molecule has 1 aromatic carbocycles. The highest BCUT2D eigenvalue weighted by Gasteiger charge is 2.20. The molecule has 0 aliphatic rings. The van der Waals surface area contributed by atoms with Crippen molar-refractivity contribution in [1.29, 1.82) is 0 Å². The van der Waals surface area contributed by atoms with E-state index in [0.29, 0.717) is 10.8 Å². The van der Waals surface area contributed by atoms with Crippen LogP contribution in [0.2, 0.25) is 5.02 Å². The lowest BCUT2D eigenvalue weighted by Gasteiger charge is -2.09. The lowest BCUT2D eigenvalue weighted by atomic mass is 10.2. The normalized spacial score (nSPS) is 10.2. The summed E-state index contributed by atoms with van der Waals surface area (Å²) in [6.45, 7) is 1.78. The second-order valence-electron chi connectivity index (χ2n) is 3.80. The first-order valence-electron chi connectivity index (χ1n) is 5.43. The van der Waals surface area contributed by atoms with Crippen LogP contribution in [-0.2, 0) is 0 Å². The predicted octanol–water partition coefficient (Wildman–Crippen LogP) is 2.42. The molecule has 20 heavy (non-hydrogen) atoms. The molecule has 0 aliphatic heterocycles. The van der Waals surface area contributed by atoms with Crippen molar-refractivity contribution in [2.75, 3.05) is 5.43 Å². The van der Waals surface area contributed by atoms with E-state index in [-0.39, 0.29) is 17.5 Å². The average Bonchev–Trinajstić information content (AvgIpc) is 2.42. The number of nitrogen functional groups attached to an aromatic ring is 1. The van der Waals surface area contributed by atoms with Gasteiger partial charge < -0.3 is 4.74 Å². The number of benzene rings is 1. The molecule has 3 N–H and O–H groups in total. The maximum Gasteiger partial charge on any atom is 0.349 e. The van der Waals surface area contributed by atoms with Crippen LogP contribution in [0.5, 0.6) is 11.6 Å². The van der Waals surface area contributed by atoms with Gasteiger partial charge in [-0.25, -0.2) is 10.8 Å². The molecule has 0 bridgehead atoms. The molecule has 2 rings (SSSR count). The van der Waals surface area contributed by atoms with E-state index in [1.54, 1.807) is 19.1 Å². The molecule has 0 saturated heterocycles. The maximum atomic E-state index is 10.9. The van der Waals surface area contributed by atoms with Crippen molar-refractivity contribution in [2.45, 2.75) is 6.92 Å². The lowest BCUT2D eigenvalue weighted by Crippen LogP contribution is -2.11. The van der Waals surface area contributed by atoms with Crippen molar-refractivity contribution in [3.8, 4) is 11.6 Å². The number of rotatable bonds is 4. The van der Waals surface area contributed by atoms with E-state index in [4.69, 9.17) is 22.2 Å². The molecule has 0 unspecified atom stereocenters. The van der Waals surface area contributed by atoms with E-state index >= 15 is 0 Å². The zero-order valence-corrected chi connectivity index (χ0v) is 11.1. The number of hydrogen-bond acceptors (Lipinski definition) is 7. The van der Waals surface area contributed by atoms with Crippen molar-refractivity contribution in [3.05, 3.63) is 45.1 Å². The first kappa shape index (κ1) is 14.0. The second-order valence-corrected chi connectivity index (χ2v) is 4.23. The molecule has 2 aromatic rings. The van der Waals surface area contributed by atoms with Crippen molar-refractivity contribution in [2.24, 2.45) is 5.84 Å². The van der Waals surface area contributed by atoms with Crippen LogP contribution in [0.15, 0.2) is 24.4 Å². The lowest BCUT2D eigenvalue weighted by molar-refractivity contribution is -0.386. The molecule has 0 amide bonds. The number of nitro groups is 1. The summed E-state index contributed by atoms with van der Waals surface area (Å²) in [5.74, 6) is 5.32. The highest BCUT2D eigenvalue weighted by atomic mass is 35.5. The fraction of sp³-hybridized carbons (Fsp3) is 0.0909. The van der Waals surface area contributed by atoms with E-state index < -0.39 is 4.92 Å². The molecular formula is C11H10ClN5O3. The van der Waals surface area contributed by atoms with Crippen molar-refractivity contribution in [3.63, 3.8) is 0 Å². The van der Waals surface area contributed by atoms with Crippen LogP contribution in [0.25, 0.3) is 0 Å². The Labute approximate surface area is 118 Å². The minimum absolute atomic E-state index is 0.00489. The number of halogens is 1. The minimum atomic E-state index is -0.643. The molecule has 1 heterocycles. The van der Waals surface area contributed by atoms with E-state index in [9.17, 15) is 10.1 Å². The van der Waals surface area contributed by atoms with Crippen LogP contribution in [0.1, 0.15) is 5.56 Å². The number of nitrogens with two attached hydrogens (primary N) is 1. The van der Waals surface area contributed by atoms with Gasteiger partial charge in [-0.3, -0.25) is 15.5 Å².